The Labute approximate surface area is 185 Å². The summed E-state index contributed by atoms with van der Waals surface area (Å²) in [4.78, 5) is 9.21. The van der Waals surface area contributed by atoms with Crippen LogP contribution in [0.2, 0.25) is 0 Å². The Kier molecular flexibility index (Phi) is 13.1. The minimum absolute atomic E-state index is 1.02. The second-order valence-electron chi connectivity index (χ2n) is 8.84. The quantitative estimate of drug-likeness (QED) is 0.244. The van der Waals surface area contributed by atoms with Gasteiger partial charge in [-0.05, 0) is 61.1 Å². The topological polar surface area (TPSA) is 25.8 Å². The van der Waals surface area contributed by atoms with E-state index >= 15 is 0 Å². The van der Waals surface area contributed by atoms with Gasteiger partial charge < -0.3 is 0 Å². The fourth-order valence-corrected chi connectivity index (χ4v) is 4.11. The van der Waals surface area contributed by atoms with Crippen LogP contribution in [-0.4, -0.2) is 9.97 Å². The van der Waals surface area contributed by atoms with E-state index in [2.05, 4.69) is 48.1 Å². The maximum atomic E-state index is 4.60. The zero-order chi connectivity index (χ0) is 21.3. The summed E-state index contributed by atoms with van der Waals surface area (Å²) in [6.07, 6.45) is 25.2. The van der Waals surface area contributed by atoms with E-state index in [1.165, 1.54) is 101 Å². The molecule has 0 atom stereocenters. The first-order chi connectivity index (χ1) is 14.8. The highest BCUT2D eigenvalue weighted by Gasteiger charge is 2.05. The molecule has 0 radical (unpaired) electrons. The number of aromatic nitrogens is 2. The highest BCUT2D eigenvalue weighted by molar-refractivity contribution is 5.55. The summed E-state index contributed by atoms with van der Waals surface area (Å²) in [5, 5.41) is 0. The fraction of sp³-hybridized carbons (Fsp3) is 0.643. The van der Waals surface area contributed by atoms with E-state index in [1.807, 2.05) is 12.4 Å². The Bertz CT molecular complexity index is 620. The third kappa shape index (κ3) is 10.4. The van der Waals surface area contributed by atoms with Gasteiger partial charge in [-0.2, -0.15) is 0 Å². The Morgan fingerprint density at radius 2 is 0.867 bits per heavy atom. The van der Waals surface area contributed by atoms with Crippen molar-refractivity contribution in [2.45, 2.75) is 117 Å². The molecule has 0 saturated carbocycles. The number of pyridine rings is 2. The molecule has 2 nitrogen and oxygen atoms in total. The van der Waals surface area contributed by atoms with Gasteiger partial charge in [-0.15, -0.1) is 0 Å². The predicted molar refractivity (Wildman–Crippen MR) is 131 cm³/mol. The van der Waals surface area contributed by atoms with Gasteiger partial charge in [0.1, 0.15) is 0 Å². The van der Waals surface area contributed by atoms with Crippen molar-refractivity contribution < 1.29 is 0 Å². The van der Waals surface area contributed by atoms with Gasteiger partial charge in [0.15, 0.2) is 0 Å². The van der Waals surface area contributed by atoms with Crippen molar-refractivity contribution in [3.8, 4) is 11.4 Å². The summed E-state index contributed by atoms with van der Waals surface area (Å²) in [6, 6.07) is 8.83. The van der Waals surface area contributed by atoms with E-state index < -0.39 is 0 Å². The van der Waals surface area contributed by atoms with Crippen LogP contribution in [0.3, 0.4) is 0 Å². The maximum absolute atomic E-state index is 4.60. The molecule has 0 aliphatic heterocycles. The van der Waals surface area contributed by atoms with E-state index in [9.17, 15) is 0 Å². The number of hydrogen-bond donors (Lipinski definition) is 0. The Hall–Kier alpha value is -1.70. The first-order valence-electron chi connectivity index (χ1n) is 12.7. The molecule has 0 aliphatic carbocycles. The van der Waals surface area contributed by atoms with Gasteiger partial charge in [-0.1, -0.05) is 90.9 Å². The molecule has 30 heavy (non-hydrogen) atoms. The molecule has 2 heteroatoms. The SMILES string of the molecule is CCCCCCCCCc1ccnc(-c2cc(CCCCCCCCC)ccn2)c1. The van der Waals surface area contributed by atoms with Crippen LogP contribution in [0.4, 0.5) is 0 Å². The average molecular weight is 409 g/mol. The minimum atomic E-state index is 1.02. The van der Waals surface area contributed by atoms with Crippen molar-refractivity contribution in [2.75, 3.05) is 0 Å². The molecule has 0 amide bonds. The molecule has 2 aromatic heterocycles. The van der Waals surface area contributed by atoms with Crippen LogP contribution in [0, 0.1) is 0 Å². The van der Waals surface area contributed by atoms with E-state index in [-0.39, 0.29) is 0 Å². The molecule has 0 spiro atoms. The lowest BCUT2D eigenvalue weighted by molar-refractivity contribution is 0.589. The Morgan fingerprint density at radius 1 is 0.500 bits per heavy atom. The second kappa shape index (κ2) is 16.1. The maximum Gasteiger partial charge on any atom is 0.0888 e. The van der Waals surface area contributed by atoms with Crippen LogP contribution in [0.1, 0.15) is 115 Å². The molecule has 0 aliphatic rings. The molecular formula is C28H44N2. The Morgan fingerprint density at radius 3 is 1.27 bits per heavy atom. The lowest BCUT2D eigenvalue weighted by atomic mass is 10.0. The van der Waals surface area contributed by atoms with Gasteiger partial charge in [0.2, 0.25) is 0 Å². The van der Waals surface area contributed by atoms with Gasteiger partial charge in [-0.3, -0.25) is 9.97 Å². The van der Waals surface area contributed by atoms with Crippen molar-refractivity contribution >= 4 is 0 Å². The second-order valence-corrected chi connectivity index (χ2v) is 8.84. The molecule has 2 rings (SSSR count). The zero-order valence-corrected chi connectivity index (χ0v) is 19.7. The van der Waals surface area contributed by atoms with Gasteiger partial charge in [-0.25, -0.2) is 0 Å². The van der Waals surface area contributed by atoms with E-state index in [0.29, 0.717) is 0 Å². The van der Waals surface area contributed by atoms with E-state index in [0.717, 1.165) is 24.2 Å². The normalized spacial score (nSPS) is 11.1. The molecule has 0 N–H and O–H groups in total. The first kappa shape index (κ1) is 24.6. The summed E-state index contributed by atoms with van der Waals surface area (Å²) in [7, 11) is 0. The highest BCUT2D eigenvalue weighted by Crippen LogP contribution is 2.19. The van der Waals surface area contributed by atoms with Crippen LogP contribution in [0.25, 0.3) is 11.4 Å². The van der Waals surface area contributed by atoms with Crippen molar-refractivity contribution in [1.82, 2.24) is 9.97 Å². The van der Waals surface area contributed by atoms with Crippen molar-refractivity contribution in [1.29, 1.82) is 0 Å². The van der Waals surface area contributed by atoms with Gasteiger partial charge >= 0.3 is 0 Å². The molecule has 0 saturated heterocycles. The monoisotopic (exact) mass is 408 g/mol. The molecule has 2 heterocycles. The summed E-state index contributed by atoms with van der Waals surface area (Å²) in [6.45, 7) is 4.56. The molecule has 0 unspecified atom stereocenters. The minimum Gasteiger partial charge on any atom is -0.255 e. The lowest BCUT2D eigenvalue weighted by Crippen LogP contribution is -1.94. The highest BCUT2D eigenvalue weighted by atomic mass is 14.8. The summed E-state index contributed by atoms with van der Waals surface area (Å²) >= 11 is 0. The third-order valence-corrected chi connectivity index (χ3v) is 6.05. The van der Waals surface area contributed by atoms with E-state index in [4.69, 9.17) is 0 Å². The predicted octanol–water partition coefficient (Wildman–Crippen LogP) is 8.73. The van der Waals surface area contributed by atoms with Gasteiger partial charge in [0.05, 0.1) is 11.4 Å². The number of unbranched alkanes of at least 4 members (excludes halogenated alkanes) is 12. The Balaban J connectivity index is 1.76. The van der Waals surface area contributed by atoms with Crippen LogP contribution < -0.4 is 0 Å². The molecule has 0 bridgehead atoms. The molecule has 2 aromatic rings. The molecular weight excluding hydrogens is 364 g/mol. The number of hydrogen-bond acceptors (Lipinski definition) is 2. The molecule has 166 valence electrons. The van der Waals surface area contributed by atoms with Crippen molar-refractivity contribution in [3.05, 3.63) is 47.8 Å². The third-order valence-electron chi connectivity index (χ3n) is 6.05. The average Bonchev–Trinajstić information content (AvgIpc) is 2.78. The summed E-state index contributed by atoms with van der Waals surface area (Å²) in [5.74, 6) is 0. The standard InChI is InChI=1S/C28H44N2/c1-3-5-7-9-11-13-15-17-25-19-21-29-27(23-25)28-24-26(20-22-30-28)18-16-14-12-10-8-6-4-2/h19-24H,3-18H2,1-2H3. The van der Waals surface area contributed by atoms with Crippen molar-refractivity contribution in [2.24, 2.45) is 0 Å². The van der Waals surface area contributed by atoms with Crippen LogP contribution in [-0.2, 0) is 12.8 Å². The fourth-order valence-electron chi connectivity index (χ4n) is 4.11. The molecule has 0 aromatic carbocycles. The number of nitrogens with zero attached hydrogens (tertiary/aromatic N) is 2. The lowest BCUT2D eigenvalue weighted by Gasteiger charge is -2.07. The number of rotatable bonds is 17. The van der Waals surface area contributed by atoms with E-state index in [1.54, 1.807) is 0 Å². The van der Waals surface area contributed by atoms with Crippen LogP contribution in [0.15, 0.2) is 36.7 Å². The van der Waals surface area contributed by atoms with Crippen LogP contribution >= 0.6 is 0 Å². The largest absolute Gasteiger partial charge is 0.255 e. The van der Waals surface area contributed by atoms with Gasteiger partial charge in [0, 0.05) is 12.4 Å². The van der Waals surface area contributed by atoms with Gasteiger partial charge in [0.25, 0.3) is 0 Å². The summed E-state index contributed by atoms with van der Waals surface area (Å²) in [5.41, 5.74) is 4.84. The molecule has 0 fully saturated rings. The van der Waals surface area contributed by atoms with Crippen LogP contribution in [0.5, 0.6) is 0 Å². The number of aryl methyl sites for hydroxylation is 2. The zero-order valence-electron chi connectivity index (χ0n) is 19.7. The summed E-state index contributed by atoms with van der Waals surface area (Å²) < 4.78 is 0. The van der Waals surface area contributed by atoms with Crippen molar-refractivity contribution in [3.63, 3.8) is 0 Å². The smallest absolute Gasteiger partial charge is 0.0888 e. The first-order valence-corrected chi connectivity index (χ1v) is 12.7.